The average molecular weight is 370 g/mol. The molecule has 0 aromatic rings. The first-order valence-corrected chi connectivity index (χ1v) is 9.77. The smallest absolute Gasteiger partial charge is 0.317 e. The normalized spacial score (nSPS) is 27.9. The lowest BCUT2D eigenvalue weighted by Crippen LogP contribution is -2.61. The minimum absolute atomic E-state index is 0.0233. The van der Waals surface area contributed by atoms with Gasteiger partial charge >= 0.3 is 12.0 Å². The van der Waals surface area contributed by atoms with Crippen molar-refractivity contribution in [2.24, 2.45) is 0 Å². The lowest BCUT2D eigenvalue weighted by molar-refractivity contribution is -0.139. The van der Waals surface area contributed by atoms with Gasteiger partial charge in [0, 0.05) is 44.3 Å². The lowest BCUT2D eigenvalue weighted by atomic mass is 9.85. The molecule has 2 atom stereocenters. The van der Waals surface area contributed by atoms with Crippen LogP contribution in [0.2, 0.25) is 0 Å². The third-order valence-electron chi connectivity index (χ3n) is 5.56. The molecule has 1 heterocycles. The molecule has 1 saturated carbocycles. The van der Waals surface area contributed by atoms with Gasteiger partial charge in [0.15, 0.2) is 0 Å². The summed E-state index contributed by atoms with van der Waals surface area (Å²) in [5, 5.41) is 21.7. The minimum atomic E-state index is -0.806. The van der Waals surface area contributed by atoms with Crippen molar-refractivity contribution in [3.05, 3.63) is 0 Å². The number of urea groups is 1. The van der Waals surface area contributed by atoms with Gasteiger partial charge in [-0.3, -0.25) is 14.6 Å². The molecule has 8 heteroatoms. The van der Waals surface area contributed by atoms with Gasteiger partial charge in [-0.15, -0.1) is 0 Å². The van der Waals surface area contributed by atoms with Gasteiger partial charge in [-0.05, 0) is 32.7 Å². The van der Waals surface area contributed by atoms with Crippen LogP contribution in [0.3, 0.4) is 0 Å². The maximum Gasteiger partial charge on any atom is 0.317 e. The van der Waals surface area contributed by atoms with Crippen LogP contribution in [0, 0.1) is 0 Å². The molecule has 0 bridgehead atoms. The molecule has 3 N–H and O–H groups in total. The Morgan fingerprint density at radius 1 is 1.27 bits per heavy atom. The van der Waals surface area contributed by atoms with E-state index < -0.39 is 5.97 Å². The van der Waals surface area contributed by atoms with Crippen molar-refractivity contribution in [1.29, 1.82) is 0 Å². The molecule has 1 aliphatic carbocycles. The van der Waals surface area contributed by atoms with Crippen LogP contribution in [-0.4, -0.2) is 100 Å². The molecule has 0 radical (unpaired) electrons. The second kappa shape index (κ2) is 9.53. The number of aliphatic carboxylic acids is 1. The number of likely N-dealkylation sites (N-methyl/N-ethyl adjacent to an activating group) is 1. The van der Waals surface area contributed by atoms with Gasteiger partial charge < -0.3 is 20.4 Å². The summed E-state index contributed by atoms with van der Waals surface area (Å²) in [6.45, 7) is 9.43. The van der Waals surface area contributed by atoms with E-state index in [0.717, 1.165) is 25.8 Å². The number of hydrogen-bond donors (Lipinski definition) is 3. The zero-order valence-electron chi connectivity index (χ0n) is 16.2. The first-order chi connectivity index (χ1) is 12.3. The Morgan fingerprint density at radius 3 is 2.50 bits per heavy atom. The Morgan fingerprint density at radius 2 is 1.96 bits per heavy atom. The number of hydrogen-bond acceptors (Lipinski definition) is 5. The van der Waals surface area contributed by atoms with Crippen molar-refractivity contribution in [2.45, 2.75) is 64.3 Å². The first kappa shape index (κ1) is 20.9. The van der Waals surface area contributed by atoms with E-state index in [-0.39, 0.29) is 36.8 Å². The van der Waals surface area contributed by atoms with Crippen LogP contribution >= 0.6 is 0 Å². The molecule has 150 valence electrons. The van der Waals surface area contributed by atoms with Gasteiger partial charge in [0.1, 0.15) is 0 Å². The van der Waals surface area contributed by atoms with E-state index >= 15 is 0 Å². The number of rotatable bonds is 8. The molecule has 0 aromatic carbocycles. The van der Waals surface area contributed by atoms with E-state index in [2.05, 4.69) is 17.1 Å². The van der Waals surface area contributed by atoms with E-state index in [0.29, 0.717) is 26.2 Å². The molecule has 26 heavy (non-hydrogen) atoms. The van der Waals surface area contributed by atoms with Crippen molar-refractivity contribution in [1.82, 2.24) is 20.0 Å². The van der Waals surface area contributed by atoms with Crippen LogP contribution in [0.25, 0.3) is 0 Å². The van der Waals surface area contributed by atoms with Crippen LogP contribution in [0.4, 0.5) is 4.79 Å². The second-order valence-corrected chi connectivity index (χ2v) is 7.58. The second-order valence-electron chi connectivity index (χ2n) is 7.58. The highest BCUT2D eigenvalue weighted by atomic mass is 16.4. The molecule has 2 aliphatic rings. The maximum absolute atomic E-state index is 12.6. The largest absolute Gasteiger partial charge is 0.480 e. The van der Waals surface area contributed by atoms with E-state index in [1.165, 1.54) is 0 Å². The van der Waals surface area contributed by atoms with Crippen LogP contribution in [0.15, 0.2) is 0 Å². The van der Waals surface area contributed by atoms with Crippen molar-refractivity contribution in [2.75, 3.05) is 39.3 Å². The number of carboxylic acids is 1. The topological polar surface area (TPSA) is 96.4 Å². The number of carboxylic acid groups (broad SMARTS) is 1. The van der Waals surface area contributed by atoms with Gasteiger partial charge in [0.05, 0.1) is 12.6 Å². The SMILES string of the molecule is CCC1CN(C(=O)NC2CC(N(CC)CC(=O)O)C2)CCN1CC(C)O. The number of carbonyl (C=O) groups is 2. The number of nitrogens with zero attached hydrogens (tertiary/aromatic N) is 3. The molecule has 0 spiro atoms. The Bertz CT molecular complexity index is 482. The Hall–Kier alpha value is -1.38. The van der Waals surface area contributed by atoms with Crippen molar-refractivity contribution < 1.29 is 19.8 Å². The summed E-state index contributed by atoms with van der Waals surface area (Å²) in [4.78, 5) is 29.5. The van der Waals surface area contributed by atoms with Crippen LogP contribution in [0.1, 0.15) is 40.0 Å². The predicted octanol–water partition coefficient (Wildman–Crippen LogP) is 0.411. The Labute approximate surface area is 156 Å². The zero-order chi connectivity index (χ0) is 19.3. The quantitative estimate of drug-likeness (QED) is 0.573. The fourth-order valence-corrected chi connectivity index (χ4v) is 3.99. The number of nitrogens with one attached hydrogen (secondary N) is 1. The minimum Gasteiger partial charge on any atom is -0.480 e. The summed E-state index contributed by atoms with van der Waals surface area (Å²) in [6.07, 6.45) is 2.21. The number of aliphatic hydroxyl groups is 1. The summed E-state index contributed by atoms with van der Waals surface area (Å²) in [7, 11) is 0. The fraction of sp³-hybridized carbons (Fsp3) is 0.889. The summed E-state index contributed by atoms with van der Waals surface area (Å²) < 4.78 is 0. The third-order valence-corrected chi connectivity index (χ3v) is 5.56. The Kier molecular flexibility index (Phi) is 7.67. The monoisotopic (exact) mass is 370 g/mol. The number of aliphatic hydroxyl groups excluding tert-OH is 1. The van der Waals surface area contributed by atoms with Crippen molar-refractivity contribution >= 4 is 12.0 Å². The predicted molar refractivity (Wildman–Crippen MR) is 99.1 cm³/mol. The molecule has 2 rings (SSSR count). The highest BCUT2D eigenvalue weighted by Gasteiger charge is 2.36. The maximum atomic E-state index is 12.6. The number of β-amino-alcohol motifs (C(OH)–C–C–N with tert-alkyl or cyclic N) is 1. The highest BCUT2D eigenvalue weighted by molar-refractivity contribution is 5.75. The van der Waals surface area contributed by atoms with E-state index in [1.54, 1.807) is 6.92 Å². The van der Waals surface area contributed by atoms with Gasteiger partial charge in [-0.25, -0.2) is 4.79 Å². The number of carbonyl (C=O) groups excluding carboxylic acids is 1. The van der Waals surface area contributed by atoms with Gasteiger partial charge in [-0.1, -0.05) is 13.8 Å². The highest BCUT2D eigenvalue weighted by Crippen LogP contribution is 2.26. The Balaban J connectivity index is 1.76. The van der Waals surface area contributed by atoms with Gasteiger partial charge in [0.25, 0.3) is 0 Å². The lowest BCUT2D eigenvalue weighted by Gasteiger charge is -2.45. The van der Waals surface area contributed by atoms with Gasteiger partial charge in [0.2, 0.25) is 0 Å². The first-order valence-electron chi connectivity index (χ1n) is 9.77. The van der Waals surface area contributed by atoms with Crippen LogP contribution < -0.4 is 5.32 Å². The zero-order valence-corrected chi connectivity index (χ0v) is 16.2. The summed E-state index contributed by atoms with van der Waals surface area (Å²) in [5.74, 6) is -0.806. The molecule has 1 saturated heterocycles. The molecule has 8 nitrogen and oxygen atoms in total. The molecule has 2 unspecified atom stereocenters. The van der Waals surface area contributed by atoms with E-state index in [4.69, 9.17) is 5.11 Å². The van der Waals surface area contributed by atoms with Crippen molar-refractivity contribution in [3.8, 4) is 0 Å². The standard InChI is InChI=1S/C18H34N4O4/c1-4-15-11-22(7-6-21(15)10-13(3)23)18(26)19-14-8-16(9-14)20(5-2)12-17(24)25/h13-16,23H,4-12H2,1-3H3,(H,19,26)(H,24,25). The molecular weight excluding hydrogens is 336 g/mol. The van der Waals surface area contributed by atoms with Crippen molar-refractivity contribution in [3.63, 3.8) is 0 Å². The molecule has 0 aromatic heterocycles. The number of amides is 2. The number of piperazine rings is 1. The molecule has 2 amide bonds. The van der Waals surface area contributed by atoms with E-state index in [1.807, 2.05) is 16.7 Å². The summed E-state index contributed by atoms with van der Waals surface area (Å²) in [6, 6.07) is 0.632. The molecule has 2 fully saturated rings. The summed E-state index contributed by atoms with van der Waals surface area (Å²) in [5.41, 5.74) is 0. The molecule has 1 aliphatic heterocycles. The van der Waals surface area contributed by atoms with Crippen LogP contribution in [-0.2, 0) is 4.79 Å². The van der Waals surface area contributed by atoms with Crippen LogP contribution in [0.5, 0.6) is 0 Å². The molecular formula is C18H34N4O4. The van der Waals surface area contributed by atoms with Gasteiger partial charge in [-0.2, -0.15) is 0 Å². The average Bonchev–Trinajstić information content (AvgIpc) is 2.55. The fourth-order valence-electron chi connectivity index (χ4n) is 3.99. The third kappa shape index (κ3) is 5.56. The van der Waals surface area contributed by atoms with E-state index in [9.17, 15) is 14.7 Å². The summed E-state index contributed by atoms with van der Waals surface area (Å²) >= 11 is 0.